The Labute approximate surface area is 106 Å². The molecule has 1 amide bonds. The molecule has 0 N–H and O–H groups in total. The van der Waals surface area contributed by atoms with E-state index >= 15 is 0 Å². The molecule has 0 aliphatic rings. The Kier molecular flexibility index (Phi) is 2.56. The maximum absolute atomic E-state index is 11.7. The zero-order valence-corrected chi connectivity index (χ0v) is 10.3. The molecule has 0 unspecified atom stereocenters. The molecule has 90 valence electrons. The van der Waals surface area contributed by atoms with Crippen LogP contribution in [0.15, 0.2) is 46.1 Å². The quantitative estimate of drug-likeness (QED) is 0.672. The molecule has 0 aliphatic heterocycles. The summed E-state index contributed by atoms with van der Waals surface area (Å²) in [5.74, 6) is -0.202. The Morgan fingerprint density at radius 1 is 1.50 bits per heavy atom. The second kappa shape index (κ2) is 4.23. The van der Waals surface area contributed by atoms with Crippen LogP contribution in [0.4, 0.5) is 0 Å². The first-order valence-corrected chi connectivity index (χ1v) is 6.08. The number of pyridine rings is 1. The number of hydrogen-bond donors (Lipinski definition) is 0. The molecule has 0 atom stereocenters. The van der Waals surface area contributed by atoms with E-state index in [0.29, 0.717) is 4.80 Å². The molecule has 0 aromatic carbocycles. The highest BCUT2D eigenvalue weighted by atomic mass is 32.1. The summed E-state index contributed by atoms with van der Waals surface area (Å²) in [6.07, 6.45) is 3.35. The molecule has 3 aromatic heterocycles. The molecule has 0 fully saturated rings. The summed E-state index contributed by atoms with van der Waals surface area (Å²) in [5, 5.41) is 0. The van der Waals surface area contributed by atoms with Gasteiger partial charge in [0, 0.05) is 6.20 Å². The SMILES string of the molecule is Cc1ccn2sc(=NC(=O)c3ccco3)nc2c1. The summed E-state index contributed by atoms with van der Waals surface area (Å²) in [5.41, 5.74) is 1.90. The minimum absolute atomic E-state index is 0.218. The maximum atomic E-state index is 11.7. The van der Waals surface area contributed by atoms with Crippen LogP contribution in [0.2, 0.25) is 0 Å². The van der Waals surface area contributed by atoms with E-state index < -0.39 is 5.91 Å². The molecule has 3 rings (SSSR count). The number of aromatic nitrogens is 2. The Balaban J connectivity index is 2.06. The highest BCUT2D eigenvalue weighted by molar-refractivity contribution is 7.03. The van der Waals surface area contributed by atoms with Crippen LogP contribution in [0.1, 0.15) is 16.1 Å². The number of nitrogens with zero attached hydrogens (tertiary/aromatic N) is 3. The van der Waals surface area contributed by atoms with Crippen molar-refractivity contribution < 1.29 is 9.21 Å². The van der Waals surface area contributed by atoms with E-state index in [2.05, 4.69) is 9.98 Å². The second-order valence-corrected chi connectivity index (χ2v) is 4.71. The van der Waals surface area contributed by atoms with Crippen molar-refractivity contribution in [1.29, 1.82) is 0 Å². The predicted molar refractivity (Wildman–Crippen MR) is 66.4 cm³/mol. The van der Waals surface area contributed by atoms with Crippen molar-refractivity contribution >= 4 is 23.1 Å². The number of amides is 1. The topological polar surface area (TPSA) is 59.9 Å². The van der Waals surface area contributed by atoms with Gasteiger partial charge in [0.05, 0.1) is 6.26 Å². The van der Waals surface area contributed by atoms with Gasteiger partial charge in [0.1, 0.15) is 5.65 Å². The number of aryl methyl sites for hydroxylation is 1. The fraction of sp³-hybridized carbons (Fsp3) is 0.0833. The van der Waals surface area contributed by atoms with Crippen molar-refractivity contribution in [2.75, 3.05) is 0 Å². The summed E-state index contributed by atoms with van der Waals surface area (Å²) in [6, 6.07) is 7.14. The van der Waals surface area contributed by atoms with Gasteiger partial charge in [-0.25, -0.2) is 0 Å². The van der Waals surface area contributed by atoms with Crippen LogP contribution >= 0.6 is 11.5 Å². The molecule has 3 heterocycles. The molecule has 6 heteroatoms. The van der Waals surface area contributed by atoms with E-state index in [1.54, 1.807) is 12.1 Å². The monoisotopic (exact) mass is 259 g/mol. The molecular formula is C12H9N3O2S. The number of fused-ring (bicyclic) bond motifs is 1. The third kappa shape index (κ3) is 1.98. The minimum atomic E-state index is -0.420. The molecule has 0 radical (unpaired) electrons. The molecule has 0 saturated carbocycles. The Morgan fingerprint density at radius 3 is 3.17 bits per heavy atom. The highest BCUT2D eigenvalue weighted by Crippen LogP contribution is 2.05. The average Bonchev–Trinajstić information content (AvgIpc) is 2.95. The van der Waals surface area contributed by atoms with E-state index in [4.69, 9.17) is 4.42 Å². The Hall–Kier alpha value is -2.21. The van der Waals surface area contributed by atoms with Crippen LogP contribution < -0.4 is 4.80 Å². The van der Waals surface area contributed by atoms with Crippen molar-refractivity contribution in [2.45, 2.75) is 6.92 Å². The standard InChI is InChI=1S/C12H9N3O2S/c1-8-4-5-15-10(7-8)13-12(18-15)14-11(16)9-3-2-6-17-9/h2-7H,1H3. The first kappa shape index (κ1) is 10.9. The molecular weight excluding hydrogens is 250 g/mol. The van der Waals surface area contributed by atoms with Crippen LogP contribution in [-0.2, 0) is 0 Å². The molecule has 18 heavy (non-hydrogen) atoms. The van der Waals surface area contributed by atoms with Gasteiger partial charge < -0.3 is 4.42 Å². The van der Waals surface area contributed by atoms with Crippen LogP contribution in [0, 0.1) is 6.92 Å². The second-order valence-electron chi connectivity index (χ2n) is 3.77. The third-order valence-electron chi connectivity index (χ3n) is 2.37. The van der Waals surface area contributed by atoms with E-state index in [1.807, 2.05) is 29.0 Å². The largest absolute Gasteiger partial charge is 0.459 e. The predicted octanol–water partition coefficient (Wildman–Crippen LogP) is 2.04. The summed E-state index contributed by atoms with van der Waals surface area (Å²) < 4.78 is 6.85. The lowest BCUT2D eigenvalue weighted by Crippen LogP contribution is -2.03. The summed E-state index contributed by atoms with van der Waals surface area (Å²) >= 11 is 1.31. The first-order valence-electron chi connectivity index (χ1n) is 5.31. The zero-order chi connectivity index (χ0) is 12.5. The van der Waals surface area contributed by atoms with Gasteiger partial charge >= 0.3 is 5.91 Å². The van der Waals surface area contributed by atoms with Crippen molar-refractivity contribution in [3.05, 3.63) is 52.9 Å². The number of rotatable bonds is 1. The molecule has 0 saturated heterocycles. The van der Waals surface area contributed by atoms with Gasteiger partial charge in [-0.3, -0.25) is 8.58 Å². The molecule has 0 bridgehead atoms. The third-order valence-corrected chi connectivity index (χ3v) is 3.23. The Bertz CT molecular complexity index is 768. The van der Waals surface area contributed by atoms with E-state index in [9.17, 15) is 4.79 Å². The highest BCUT2D eigenvalue weighted by Gasteiger charge is 2.07. The lowest BCUT2D eigenvalue weighted by molar-refractivity contribution is 0.0972. The lowest BCUT2D eigenvalue weighted by Gasteiger charge is -1.91. The number of carbonyl (C=O) groups excluding carboxylic acids is 1. The molecule has 0 spiro atoms. The number of furan rings is 1. The summed E-state index contributed by atoms with van der Waals surface area (Å²) in [7, 11) is 0. The van der Waals surface area contributed by atoms with E-state index in [0.717, 1.165) is 11.2 Å². The summed E-state index contributed by atoms with van der Waals surface area (Å²) in [4.78, 5) is 20.3. The van der Waals surface area contributed by atoms with Crippen molar-refractivity contribution in [1.82, 2.24) is 8.77 Å². The van der Waals surface area contributed by atoms with Crippen LogP contribution in [0.3, 0.4) is 0 Å². The number of hydrogen-bond acceptors (Lipinski definition) is 4. The van der Waals surface area contributed by atoms with E-state index in [1.165, 1.54) is 17.8 Å². The Morgan fingerprint density at radius 2 is 2.39 bits per heavy atom. The van der Waals surface area contributed by atoms with Gasteiger partial charge in [0.25, 0.3) is 0 Å². The number of carbonyl (C=O) groups is 1. The fourth-order valence-electron chi connectivity index (χ4n) is 1.53. The molecule has 5 nitrogen and oxygen atoms in total. The first-order chi connectivity index (χ1) is 8.72. The van der Waals surface area contributed by atoms with Gasteiger partial charge in [-0.1, -0.05) is 0 Å². The summed E-state index contributed by atoms with van der Waals surface area (Å²) in [6.45, 7) is 1.99. The molecule has 3 aromatic rings. The van der Waals surface area contributed by atoms with E-state index in [-0.39, 0.29) is 5.76 Å². The maximum Gasteiger partial charge on any atom is 0.315 e. The van der Waals surface area contributed by atoms with Crippen LogP contribution in [-0.4, -0.2) is 14.7 Å². The molecule has 0 aliphatic carbocycles. The van der Waals surface area contributed by atoms with Crippen molar-refractivity contribution in [3.8, 4) is 0 Å². The van der Waals surface area contributed by atoms with Gasteiger partial charge in [-0.15, -0.1) is 0 Å². The van der Waals surface area contributed by atoms with Crippen molar-refractivity contribution in [3.63, 3.8) is 0 Å². The smallest absolute Gasteiger partial charge is 0.315 e. The van der Waals surface area contributed by atoms with Crippen LogP contribution in [0.25, 0.3) is 5.65 Å². The fourth-order valence-corrected chi connectivity index (χ4v) is 2.27. The van der Waals surface area contributed by atoms with Crippen molar-refractivity contribution in [2.24, 2.45) is 4.99 Å². The average molecular weight is 259 g/mol. The van der Waals surface area contributed by atoms with Gasteiger partial charge in [-0.2, -0.15) is 9.98 Å². The van der Waals surface area contributed by atoms with Gasteiger partial charge in [0.2, 0.25) is 4.80 Å². The lowest BCUT2D eigenvalue weighted by atomic mass is 10.3. The zero-order valence-electron chi connectivity index (χ0n) is 9.53. The van der Waals surface area contributed by atoms with Gasteiger partial charge in [0.15, 0.2) is 5.76 Å². The normalized spacial score (nSPS) is 12.2. The van der Waals surface area contributed by atoms with Gasteiger partial charge in [-0.05, 0) is 48.3 Å². The van der Waals surface area contributed by atoms with Crippen LogP contribution in [0.5, 0.6) is 0 Å². The minimum Gasteiger partial charge on any atom is -0.459 e.